The fourth-order valence-electron chi connectivity index (χ4n) is 2.86. The van der Waals surface area contributed by atoms with Gasteiger partial charge in [0.15, 0.2) is 0 Å². The summed E-state index contributed by atoms with van der Waals surface area (Å²) in [4.78, 5) is 36.9. The third-order valence-corrected chi connectivity index (χ3v) is 4.43. The monoisotopic (exact) mass is 316 g/mol. The van der Waals surface area contributed by atoms with Crippen molar-refractivity contribution in [2.24, 2.45) is 5.92 Å². The van der Waals surface area contributed by atoms with E-state index in [0.717, 1.165) is 25.7 Å². The van der Waals surface area contributed by atoms with Gasteiger partial charge in [-0.25, -0.2) is 4.79 Å². The van der Waals surface area contributed by atoms with E-state index in [1.165, 1.54) is 12.1 Å². The summed E-state index contributed by atoms with van der Waals surface area (Å²) in [6.45, 7) is 1.15. The molecule has 2 fully saturated rings. The lowest BCUT2D eigenvalue weighted by Crippen LogP contribution is -2.46. The third kappa shape index (κ3) is 3.70. The molecule has 0 bridgehead atoms. The Bertz CT molecular complexity index is 631. The zero-order valence-corrected chi connectivity index (χ0v) is 12.8. The van der Waals surface area contributed by atoms with Crippen molar-refractivity contribution in [1.29, 1.82) is 0 Å². The van der Waals surface area contributed by atoms with Crippen LogP contribution in [0, 0.1) is 5.92 Å². The maximum absolute atomic E-state index is 12.5. The topological polar surface area (TPSA) is 86.7 Å². The molecule has 0 aromatic heterocycles. The molecule has 1 aliphatic carbocycles. The molecule has 6 heteroatoms. The molecular weight excluding hydrogens is 296 g/mol. The first-order chi connectivity index (χ1) is 11.0. The minimum Gasteiger partial charge on any atom is -0.478 e. The zero-order chi connectivity index (χ0) is 16.4. The van der Waals surface area contributed by atoms with Crippen LogP contribution in [0.15, 0.2) is 24.3 Å². The summed E-state index contributed by atoms with van der Waals surface area (Å²) in [7, 11) is 0. The summed E-state index contributed by atoms with van der Waals surface area (Å²) in [5, 5.41) is 12.1. The van der Waals surface area contributed by atoms with E-state index in [2.05, 4.69) is 5.32 Å². The van der Waals surface area contributed by atoms with Crippen molar-refractivity contribution in [3.05, 3.63) is 35.4 Å². The Morgan fingerprint density at radius 2 is 1.70 bits per heavy atom. The van der Waals surface area contributed by atoms with Crippen LogP contribution in [-0.2, 0) is 4.79 Å². The number of benzene rings is 1. The first kappa shape index (κ1) is 15.5. The summed E-state index contributed by atoms with van der Waals surface area (Å²) < 4.78 is 0. The maximum atomic E-state index is 12.5. The van der Waals surface area contributed by atoms with Gasteiger partial charge in [0, 0.05) is 30.6 Å². The molecule has 0 unspecified atom stereocenters. The highest BCUT2D eigenvalue weighted by atomic mass is 16.4. The van der Waals surface area contributed by atoms with E-state index in [1.807, 2.05) is 0 Å². The largest absolute Gasteiger partial charge is 0.478 e. The van der Waals surface area contributed by atoms with E-state index in [-0.39, 0.29) is 29.3 Å². The summed E-state index contributed by atoms with van der Waals surface area (Å²) in [5.41, 5.74) is 0.507. The van der Waals surface area contributed by atoms with E-state index in [9.17, 15) is 14.4 Å². The maximum Gasteiger partial charge on any atom is 0.335 e. The first-order valence-electron chi connectivity index (χ1n) is 7.97. The molecule has 1 aromatic rings. The number of hydrogen-bond donors (Lipinski definition) is 2. The SMILES string of the molecule is O=C(O)c1cccc(C(=O)N2CCC(NC(=O)C3CC3)CC2)c1. The van der Waals surface area contributed by atoms with Crippen molar-refractivity contribution in [3.8, 4) is 0 Å². The number of rotatable bonds is 4. The summed E-state index contributed by atoms with van der Waals surface area (Å²) in [5.74, 6) is -0.849. The molecule has 3 rings (SSSR count). The molecule has 1 saturated carbocycles. The predicted molar refractivity (Wildman–Crippen MR) is 83.2 cm³/mol. The van der Waals surface area contributed by atoms with Crippen LogP contribution < -0.4 is 5.32 Å². The smallest absolute Gasteiger partial charge is 0.335 e. The average molecular weight is 316 g/mol. The highest BCUT2D eigenvalue weighted by Gasteiger charge is 2.32. The second kappa shape index (κ2) is 6.40. The second-order valence-electron chi connectivity index (χ2n) is 6.24. The first-order valence-corrected chi connectivity index (χ1v) is 7.97. The van der Waals surface area contributed by atoms with Crippen molar-refractivity contribution in [1.82, 2.24) is 10.2 Å². The molecule has 2 amide bonds. The Morgan fingerprint density at radius 1 is 1.04 bits per heavy atom. The van der Waals surface area contributed by atoms with Gasteiger partial charge in [-0.2, -0.15) is 0 Å². The molecular formula is C17H20N2O4. The normalized spacial score (nSPS) is 18.5. The van der Waals surface area contributed by atoms with Gasteiger partial charge in [0.2, 0.25) is 5.91 Å². The number of carbonyl (C=O) groups is 3. The fraction of sp³-hybridized carbons (Fsp3) is 0.471. The van der Waals surface area contributed by atoms with Crippen molar-refractivity contribution >= 4 is 17.8 Å². The summed E-state index contributed by atoms with van der Waals surface area (Å²) in [6, 6.07) is 6.23. The molecule has 1 saturated heterocycles. The molecule has 0 atom stereocenters. The van der Waals surface area contributed by atoms with E-state index in [4.69, 9.17) is 5.11 Å². The highest BCUT2D eigenvalue weighted by Crippen LogP contribution is 2.29. The van der Waals surface area contributed by atoms with Gasteiger partial charge < -0.3 is 15.3 Å². The van der Waals surface area contributed by atoms with Gasteiger partial charge in [-0.05, 0) is 43.9 Å². The number of carbonyl (C=O) groups excluding carboxylic acids is 2. The van der Waals surface area contributed by atoms with Gasteiger partial charge in [-0.15, -0.1) is 0 Å². The van der Waals surface area contributed by atoms with Gasteiger partial charge in [-0.3, -0.25) is 9.59 Å². The van der Waals surface area contributed by atoms with Crippen LogP contribution in [-0.4, -0.2) is 46.9 Å². The standard InChI is InChI=1S/C17H20N2O4/c20-15(11-4-5-11)18-14-6-8-19(9-7-14)16(21)12-2-1-3-13(10-12)17(22)23/h1-3,10-11,14H,4-9H2,(H,18,20)(H,22,23). The molecule has 0 radical (unpaired) electrons. The van der Waals surface area contributed by atoms with Gasteiger partial charge in [0.25, 0.3) is 5.91 Å². The molecule has 23 heavy (non-hydrogen) atoms. The number of amides is 2. The number of aromatic carboxylic acids is 1. The Hall–Kier alpha value is -2.37. The minimum atomic E-state index is -1.04. The molecule has 1 heterocycles. The lowest BCUT2D eigenvalue weighted by molar-refractivity contribution is -0.123. The number of carboxylic acid groups (broad SMARTS) is 1. The van der Waals surface area contributed by atoms with Gasteiger partial charge in [0.1, 0.15) is 0 Å². The van der Waals surface area contributed by atoms with Gasteiger partial charge >= 0.3 is 5.97 Å². The highest BCUT2D eigenvalue weighted by molar-refractivity contribution is 5.97. The molecule has 1 aliphatic heterocycles. The predicted octanol–water partition coefficient (Wildman–Crippen LogP) is 1.52. The number of piperidine rings is 1. The number of carboxylic acids is 1. The number of hydrogen-bond acceptors (Lipinski definition) is 3. The Morgan fingerprint density at radius 3 is 2.30 bits per heavy atom. The van der Waals surface area contributed by atoms with Crippen molar-refractivity contribution in [2.75, 3.05) is 13.1 Å². The van der Waals surface area contributed by atoms with Crippen LogP contribution in [0.25, 0.3) is 0 Å². The van der Waals surface area contributed by atoms with Gasteiger partial charge in [0.05, 0.1) is 5.56 Å². The second-order valence-corrected chi connectivity index (χ2v) is 6.24. The van der Waals surface area contributed by atoms with Crippen LogP contribution in [0.4, 0.5) is 0 Å². The average Bonchev–Trinajstić information content (AvgIpc) is 3.40. The van der Waals surface area contributed by atoms with Crippen molar-refractivity contribution in [3.63, 3.8) is 0 Å². The molecule has 2 N–H and O–H groups in total. The number of nitrogens with one attached hydrogen (secondary N) is 1. The van der Waals surface area contributed by atoms with Crippen LogP contribution in [0.3, 0.4) is 0 Å². The third-order valence-electron chi connectivity index (χ3n) is 4.43. The Labute approximate surface area is 134 Å². The molecule has 0 spiro atoms. The van der Waals surface area contributed by atoms with Gasteiger partial charge in [-0.1, -0.05) is 6.07 Å². The zero-order valence-electron chi connectivity index (χ0n) is 12.8. The van der Waals surface area contributed by atoms with E-state index in [1.54, 1.807) is 17.0 Å². The van der Waals surface area contributed by atoms with Crippen LogP contribution in [0.5, 0.6) is 0 Å². The van der Waals surface area contributed by atoms with Crippen LogP contribution >= 0.6 is 0 Å². The Kier molecular flexibility index (Phi) is 4.32. The lowest BCUT2D eigenvalue weighted by Gasteiger charge is -2.32. The molecule has 1 aromatic carbocycles. The summed E-state index contributed by atoms with van der Waals surface area (Å²) >= 11 is 0. The van der Waals surface area contributed by atoms with Crippen molar-refractivity contribution in [2.45, 2.75) is 31.7 Å². The number of likely N-dealkylation sites (tertiary alicyclic amines) is 1. The molecule has 122 valence electrons. The van der Waals surface area contributed by atoms with Crippen molar-refractivity contribution < 1.29 is 19.5 Å². The van der Waals surface area contributed by atoms with E-state index < -0.39 is 5.97 Å². The van der Waals surface area contributed by atoms with Crippen LogP contribution in [0.1, 0.15) is 46.4 Å². The minimum absolute atomic E-state index is 0.113. The number of nitrogens with zero attached hydrogens (tertiary/aromatic N) is 1. The van der Waals surface area contributed by atoms with Crippen LogP contribution in [0.2, 0.25) is 0 Å². The molecule has 6 nitrogen and oxygen atoms in total. The fourth-order valence-corrected chi connectivity index (χ4v) is 2.86. The van der Waals surface area contributed by atoms with E-state index in [0.29, 0.717) is 18.7 Å². The Balaban J connectivity index is 1.56. The lowest BCUT2D eigenvalue weighted by atomic mass is 10.0. The summed E-state index contributed by atoms with van der Waals surface area (Å²) in [6.07, 6.45) is 3.46. The van der Waals surface area contributed by atoms with E-state index >= 15 is 0 Å². The molecule has 2 aliphatic rings. The quantitative estimate of drug-likeness (QED) is 0.881.